The van der Waals surface area contributed by atoms with E-state index in [0.717, 1.165) is 33.4 Å². The van der Waals surface area contributed by atoms with Gasteiger partial charge in [0.25, 0.3) is 0 Å². The molecular weight excluding hydrogens is 406 g/mol. The summed E-state index contributed by atoms with van der Waals surface area (Å²) in [4.78, 5) is 24.5. The number of carbonyl (C=O) groups excluding carboxylic acids is 1. The number of carboxylic acid groups (broad SMARTS) is 1. The van der Waals surface area contributed by atoms with Gasteiger partial charge in [-0.25, -0.2) is 9.59 Å². The van der Waals surface area contributed by atoms with E-state index in [0.29, 0.717) is 0 Å². The number of hydrogen-bond acceptors (Lipinski definition) is 4. The molecule has 0 aromatic heterocycles. The van der Waals surface area contributed by atoms with Crippen molar-refractivity contribution in [2.24, 2.45) is 0 Å². The van der Waals surface area contributed by atoms with Gasteiger partial charge in [0, 0.05) is 11.8 Å². The summed E-state index contributed by atoms with van der Waals surface area (Å²) in [6.07, 6.45) is -0.775. The summed E-state index contributed by atoms with van der Waals surface area (Å²) in [7, 11) is 0. The lowest BCUT2D eigenvalue weighted by Crippen LogP contribution is -2.44. The van der Waals surface area contributed by atoms with Crippen molar-refractivity contribution in [3.63, 3.8) is 0 Å². The molecule has 32 heavy (non-hydrogen) atoms. The molecule has 1 aliphatic rings. The molecule has 0 radical (unpaired) electrons. The highest BCUT2D eigenvalue weighted by Gasteiger charge is 2.32. The molecule has 3 N–H and O–H groups in total. The largest absolute Gasteiger partial charge is 0.508 e. The molecule has 0 heterocycles. The summed E-state index contributed by atoms with van der Waals surface area (Å²) in [5.74, 6) is -1.67. The molecule has 1 amide bonds. The van der Waals surface area contributed by atoms with Crippen LogP contribution >= 0.6 is 0 Å². The number of carbonyl (C=O) groups is 2. The van der Waals surface area contributed by atoms with Crippen LogP contribution in [0, 0.1) is 6.92 Å². The van der Waals surface area contributed by atoms with E-state index in [1.54, 1.807) is 26.0 Å². The maximum atomic E-state index is 12.6. The van der Waals surface area contributed by atoms with Crippen molar-refractivity contribution in [2.75, 3.05) is 6.61 Å². The zero-order valence-electron chi connectivity index (χ0n) is 17.9. The van der Waals surface area contributed by atoms with Crippen molar-refractivity contribution in [3.8, 4) is 16.9 Å². The second-order valence-electron chi connectivity index (χ2n) is 8.12. The molecule has 4 rings (SSSR count). The van der Waals surface area contributed by atoms with E-state index in [1.165, 1.54) is 6.07 Å². The summed E-state index contributed by atoms with van der Waals surface area (Å²) in [5, 5.41) is 21.8. The Balaban J connectivity index is 1.47. The van der Waals surface area contributed by atoms with E-state index in [-0.39, 0.29) is 18.3 Å². The number of amides is 1. The highest BCUT2D eigenvalue weighted by molar-refractivity contribution is 5.82. The molecular formula is C26H25NO5. The minimum Gasteiger partial charge on any atom is -0.508 e. The monoisotopic (exact) mass is 431 g/mol. The summed E-state index contributed by atoms with van der Waals surface area (Å²) in [6.45, 7) is 3.62. The Kier molecular flexibility index (Phi) is 5.86. The van der Waals surface area contributed by atoms with Crippen LogP contribution in [0.2, 0.25) is 0 Å². The van der Waals surface area contributed by atoms with Crippen molar-refractivity contribution < 1.29 is 24.5 Å². The molecule has 2 atom stereocenters. The minimum atomic E-state index is -1.17. The van der Waals surface area contributed by atoms with Gasteiger partial charge < -0.3 is 20.3 Å². The molecule has 1 unspecified atom stereocenters. The zero-order chi connectivity index (χ0) is 22.8. The molecule has 0 saturated carbocycles. The Morgan fingerprint density at radius 1 is 1.00 bits per heavy atom. The highest BCUT2D eigenvalue weighted by Crippen LogP contribution is 2.44. The molecule has 0 saturated heterocycles. The van der Waals surface area contributed by atoms with Crippen molar-refractivity contribution >= 4 is 12.1 Å². The number of benzene rings is 3. The van der Waals surface area contributed by atoms with Crippen LogP contribution in [0.15, 0.2) is 66.7 Å². The summed E-state index contributed by atoms with van der Waals surface area (Å²) in [6, 6.07) is 19.6. The van der Waals surface area contributed by atoms with Crippen LogP contribution in [0.25, 0.3) is 11.1 Å². The SMILES string of the molecule is Cc1cc(O)ccc1C(C)[C@H](NC(=O)OCC1c2ccccc2-c2ccccc21)C(=O)O. The third-order valence-electron chi connectivity index (χ3n) is 6.13. The second-order valence-corrected chi connectivity index (χ2v) is 8.12. The van der Waals surface area contributed by atoms with Crippen LogP contribution in [-0.4, -0.2) is 34.9 Å². The number of hydrogen-bond donors (Lipinski definition) is 3. The summed E-state index contributed by atoms with van der Waals surface area (Å²) >= 11 is 0. The van der Waals surface area contributed by atoms with Crippen LogP contribution in [0.5, 0.6) is 5.75 Å². The predicted molar refractivity (Wildman–Crippen MR) is 121 cm³/mol. The first-order valence-electron chi connectivity index (χ1n) is 10.5. The summed E-state index contributed by atoms with van der Waals surface area (Å²) in [5.41, 5.74) is 5.90. The molecule has 0 fully saturated rings. The molecule has 6 nitrogen and oxygen atoms in total. The van der Waals surface area contributed by atoms with Gasteiger partial charge in [0.1, 0.15) is 18.4 Å². The standard InChI is InChI=1S/C26H25NO5/c1-15-13-17(28)11-12-18(15)16(2)24(25(29)30)27-26(31)32-14-23-21-9-5-3-7-19(21)20-8-4-6-10-22(20)23/h3-13,16,23-24,28H,14H2,1-2H3,(H,27,31)(H,29,30)/t16?,24-/m0/s1. The maximum absolute atomic E-state index is 12.6. The van der Waals surface area contributed by atoms with Crippen molar-refractivity contribution in [1.29, 1.82) is 0 Å². The number of nitrogens with one attached hydrogen (secondary N) is 1. The number of fused-ring (bicyclic) bond motifs is 3. The van der Waals surface area contributed by atoms with Crippen LogP contribution in [-0.2, 0) is 9.53 Å². The Labute approximate surface area is 186 Å². The van der Waals surface area contributed by atoms with Gasteiger partial charge in [-0.2, -0.15) is 0 Å². The molecule has 6 heteroatoms. The second kappa shape index (κ2) is 8.75. The number of carboxylic acids is 1. The molecule has 164 valence electrons. The average molecular weight is 431 g/mol. The van der Waals surface area contributed by atoms with E-state index >= 15 is 0 Å². The maximum Gasteiger partial charge on any atom is 0.407 e. The smallest absolute Gasteiger partial charge is 0.407 e. The number of aliphatic carboxylic acids is 1. The van der Waals surface area contributed by atoms with Crippen molar-refractivity contribution in [3.05, 3.63) is 89.0 Å². The van der Waals surface area contributed by atoms with Gasteiger partial charge in [-0.3, -0.25) is 0 Å². The summed E-state index contributed by atoms with van der Waals surface area (Å²) < 4.78 is 5.50. The third kappa shape index (κ3) is 4.04. The molecule has 3 aromatic rings. The average Bonchev–Trinajstić information content (AvgIpc) is 3.09. The fourth-order valence-electron chi connectivity index (χ4n) is 4.52. The van der Waals surface area contributed by atoms with E-state index in [1.807, 2.05) is 36.4 Å². The zero-order valence-corrected chi connectivity index (χ0v) is 17.9. The quantitative estimate of drug-likeness (QED) is 0.521. The first kappa shape index (κ1) is 21.4. The first-order chi connectivity index (χ1) is 15.4. The van der Waals surface area contributed by atoms with Crippen LogP contribution in [0.3, 0.4) is 0 Å². The highest BCUT2D eigenvalue weighted by atomic mass is 16.5. The number of ether oxygens (including phenoxy) is 1. The topological polar surface area (TPSA) is 95.9 Å². The Morgan fingerprint density at radius 3 is 2.16 bits per heavy atom. The lowest BCUT2D eigenvalue weighted by molar-refractivity contribution is -0.139. The van der Waals surface area contributed by atoms with Crippen LogP contribution in [0.1, 0.15) is 41.0 Å². The van der Waals surface area contributed by atoms with Crippen LogP contribution in [0.4, 0.5) is 4.79 Å². The fourth-order valence-corrected chi connectivity index (χ4v) is 4.52. The van der Waals surface area contributed by atoms with Gasteiger partial charge in [0.15, 0.2) is 0 Å². The van der Waals surface area contributed by atoms with Crippen molar-refractivity contribution in [2.45, 2.75) is 31.7 Å². The van der Waals surface area contributed by atoms with E-state index in [2.05, 4.69) is 17.4 Å². The lowest BCUT2D eigenvalue weighted by atomic mass is 9.90. The normalized spacial score (nSPS) is 14.2. The number of aromatic hydroxyl groups is 1. The third-order valence-corrected chi connectivity index (χ3v) is 6.13. The van der Waals surface area contributed by atoms with Gasteiger partial charge in [-0.05, 0) is 52.4 Å². The Bertz CT molecular complexity index is 1130. The first-order valence-corrected chi connectivity index (χ1v) is 10.5. The number of phenolic OH excluding ortho intramolecular Hbond substituents is 1. The van der Waals surface area contributed by atoms with E-state index < -0.39 is 24.0 Å². The molecule has 0 bridgehead atoms. The van der Waals surface area contributed by atoms with Gasteiger partial charge >= 0.3 is 12.1 Å². The Morgan fingerprint density at radius 2 is 1.59 bits per heavy atom. The van der Waals surface area contributed by atoms with E-state index in [9.17, 15) is 19.8 Å². The number of alkyl carbamates (subject to hydrolysis) is 1. The predicted octanol–water partition coefficient (Wildman–Crippen LogP) is 4.80. The molecule has 0 aliphatic heterocycles. The van der Waals surface area contributed by atoms with Crippen molar-refractivity contribution in [1.82, 2.24) is 5.32 Å². The minimum absolute atomic E-state index is 0.104. The van der Waals surface area contributed by atoms with Gasteiger partial charge in [-0.15, -0.1) is 0 Å². The molecule has 0 spiro atoms. The van der Waals surface area contributed by atoms with Gasteiger partial charge in [0.05, 0.1) is 0 Å². The number of rotatable bonds is 6. The van der Waals surface area contributed by atoms with Gasteiger partial charge in [0.2, 0.25) is 0 Å². The molecule has 3 aromatic carbocycles. The number of aryl methyl sites for hydroxylation is 1. The molecule has 1 aliphatic carbocycles. The Hall–Kier alpha value is -3.80. The van der Waals surface area contributed by atoms with Crippen LogP contribution < -0.4 is 5.32 Å². The number of phenols is 1. The van der Waals surface area contributed by atoms with Gasteiger partial charge in [-0.1, -0.05) is 61.5 Å². The van der Waals surface area contributed by atoms with E-state index in [4.69, 9.17) is 4.74 Å². The fraction of sp³-hybridized carbons (Fsp3) is 0.231. The lowest BCUT2D eigenvalue weighted by Gasteiger charge is -2.23.